The summed E-state index contributed by atoms with van der Waals surface area (Å²) in [5.41, 5.74) is 1.24. The van der Waals surface area contributed by atoms with Gasteiger partial charge in [0, 0.05) is 24.6 Å². The summed E-state index contributed by atoms with van der Waals surface area (Å²) in [5.74, 6) is 0.383. The van der Waals surface area contributed by atoms with Crippen LogP contribution < -0.4 is 4.74 Å². The lowest BCUT2D eigenvalue weighted by atomic mass is 9.60. The number of hydrogen-bond donors (Lipinski definition) is 2. The number of ether oxygens (including phenoxy) is 3. The molecule has 0 aromatic heterocycles. The van der Waals surface area contributed by atoms with E-state index in [4.69, 9.17) is 14.2 Å². The normalized spacial score (nSPS) is 38.3. The minimum absolute atomic E-state index is 0.0379. The Kier molecular flexibility index (Phi) is 3.31. The third-order valence-electron chi connectivity index (χ3n) is 7.51. The summed E-state index contributed by atoms with van der Waals surface area (Å²) in [6.07, 6.45) is 4.18. The van der Waals surface area contributed by atoms with Gasteiger partial charge in [-0.25, -0.2) is 0 Å². The number of nitrogens with zero attached hydrogens (tertiary/aromatic N) is 1. The quantitative estimate of drug-likeness (QED) is 0.842. The van der Waals surface area contributed by atoms with E-state index in [2.05, 4.69) is 11.9 Å². The van der Waals surface area contributed by atoms with Crippen molar-refractivity contribution in [1.82, 2.24) is 4.90 Å². The highest BCUT2D eigenvalue weighted by molar-refractivity contribution is 5.59. The molecule has 1 saturated heterocycles. The van der Waals surface area contributed by atoms with Crippen LogP contribution in [-0.2, 0) is 15.9 Å². The van der Waals surface area contributed by atoms with Crippen LogP contribution in [-0.4, -0.2) is 65.5 Å². The van der Waals surface area contributed by atoms with Gasteiger partial charge in [0.2, 0.25) is 5.79 Å². The van der Waals surface area contributed by atoms with E-state index in [1.165, 1.54) is 18.4 Å². The molecule has 2 N–H and O–H groups in total. The lowest BCUT2D eigenvalue weighted by Crippen LogP contribution is -2.67. The van der Waals surface area contributed by atoms with Gasteiger partial charge >= 0.3 is 0 Å². The second-order valence-corrected chi connectivity index (χ2v) is 9.11. The first-order valence-corrected chi connectivity index (χ1v) is 10.2. The van der Waals surface area contributed by atoms with Crippen LogP contribution in [0.5, 0.6) is 11.5 Å². The Hall–Kier alpha value is -1.34. The van der Waals surface area contributed by atoms with E-state index < -0.39 is 17.5 Å². The predicted octanol–water partition coefficient (Wildman–Crippen LogP) is 1.77. The van der Waals surface area contributed by atoms with Crippen LogP contribution in [0, 0.1) is 5.92 Å². The summed E-state index contributed by atoms with van der Waals surface area (Å²) >= 11 is 0. The summed E-state index contributed by atoms with van der Waals surface area (Å²) in [5, 5.41) is 22.5. The molecule has 1 aromatic rings. The molecule has 1 aromatic carbocycles. The summed E-state index contributed by atoms with van der Waals surface area (Å²) in [6, 6.07) is 3.75. The average Bonchev–Trinajstić information content (AvgIpc) is 3.17. The van der Waals surface area contributed by atoms with Crippen LogP contribution >= 0.6 is 0 Å². The lowest BCUT2D eigenvalue weighted by molar-refractivity contribution is -0.262. The zero-order valence-corrected chi connectivity index (χ0v) is 15.7. The molecule has 4 atom stereocenters. The highest BCUT2D eigenvalue weighted by atomic mass is 16.8. The fraction of sp³-hybridized carbons (Fsp3) is 0.714. The molecule has 6 nitrogen and oxygen atoms in total. The number of phenolic OH excluding ortho intramolecular Hbond substituents is 1. The van der Waals surface area contributed by atoms with Crippen molar-refractivity contribution in [3.05, 3.63) is 23.3 Å². The first-order chi connectivity index (χ1) is 13.0. The minimum Gasteiger partial charge on any atom is -0.504 e. The largest absolute Gasteiger partial charge is 0.504 e. The molecule has 0 radical (unpaired) electrons. The molecular formula is C21H27NO5. The Bertz CT molecular complexity index is 787. The third kappa shape index (κ3) is 2.15. The zero-order valence-electron chi connectivity index (χ0n) is 15.7. The summed E-state index contributed by atoms with van der Waals surface area (Å²) in [4.78, 5) is 2.36. The molecule has 3 aliphatic carbocycles. The molecule has 4 unspecified atom stereocenters. The summed E-state index contributed by atoms with van der Waals surface area (Å²) in [7, 11) is 2.14. The van der Waals surface area contributed by atoms with E-state index in [1.807, 2.05) is 6.07 Å². The van der Waals surface area contributed by atoms with Crippen LogP contribution in [0.3, 0.4) is 0 Å². The maximum atomic E-state index is 12.0. The predicted molar refractivity (Wildman–Crippen MR) is 96.9 cm³/mol. The van der Waals surface area contributed by atoms with Gasteiger partial charge in [-0.3, -0.25) is 4.90 Å². The maximum Gasteiger partial charge on any atom is 0.206 e. The average molecular weight is 373 g/mol. The van der Waals surface area contributed by atoms with E-state index in [9.17, 15) is 10.2 Å². The summed E-state index contributed by atoms with van der Waals surface area (Å²) in [6.45, 7) is 2.13. The first kappa shape index (κ1) is 16.6. The van der Waals surface area contributed by atoms with E-state index >= 15 is 0 Å². The number of phenols is 1. The first-order valence-electron chi connectivity index (χ1n) is 10.2. The topological polar surface area (TPSA) is 71.4 Å². The van der Waals surface area contributed by atoms with Gasteiger partial charge in [0.15, 0.2) is 17.6 Å². The lowest BCUT2D eigenvalue weighted by Gasteiger charge is -2.55. The SMILES string of the molecule is CN(CC1CC1)C1Cc2ccc(O)c3c2C2C(O3)C3(CCC21O)OCCO3. The third-order valence-corrected chi connectivity index (χ3v) is 7.51. The fourth-order valence-corrected chi connectivity index (χ4v) is 6.06. The Morgan fingerprint density at radius 2 is 1.96 bits per heavy atom. The Morgan fingerprint density at radius 3 is 2.70 bits per heavy atom. The van der Waals surface area contributed by atoms with Gasteiger partial charge < -0.3 is 24.4 Å². The molecule has 2 aliphatic heterocycles. The maximum absolute atomic E-state index is 12.0. The second kappa shape index (κ2) is 5.38. The van der Waals surface area contributed by atoms with Crippen molar-refractivity contribution in [2.75, 3.05) is 26.8 Å². The number of benzene rings is 1. The van der Waals surface area contributed by atoms with Gasteiger partial charge in [0.1, 0.15) is 0 Å². The number of rotatable bonds is 3. The van der Waals surface area contributed by atoms with Crippen LogP contribution in [0.2, 0.25) is 0 Å². The Morgan fingerprint density at radius 1 is 1.19 bits per heavy atom. The molecule has 6 heteroatoms. The van der Waals surface area contributed by atoms with E-state index in [0.29, 0.717) is 31.8 Å². The Balaban J connectivity index is 1.47. The number of aliphatic hydroxyl groups is 1. The van der Waals surface area contributed by atoms with Gasteiger partial charge in [0.05, 0.1) is 24.7 Å². The smallest absolute Gasteiger partial charge is 0.206 e. The van der Waals surface area contributed by atoms with Gasteiger partial charge in [-0.15, -0.1) is 0 Å². The molecule has 0 amide bonds. The molecule has 0 bridgehead atoms. The number of aromatic hydroxyl groups is 1. The van der Waals surface area contributed by atoms with Crippen LogP contribution in [0.15, 0.2) is 12.1 Å². The van der Waals surface area contributed by atoms with Gasteiger partial charge in [-0.2, -0.15) is 0 Å². The molecule has 2 saturated carbocycles. The van der Waals surface area contributed by atoms with Gasteiger partial charge in [-0.1, -0.05) is 6.07 Å². The highest BCUT2D eigenvalue weighted by Gasteiger charge is 2.68. The van der Waals surface area contributed by atoms with E-state index in [1.54, 1.807) is 6.07 Å². The van der Waals surface area contributed by atoms with Crippen molar-refractivity contribution in [3.63, 3.8) is 0 Å². The zero-order chi connectivity index (χ0) is 18.4. The van der Waals surface area contributed by atoms with E-state index in [0.717, 1.165) is 24.4 Å². The molecule has 6 rings (SSSR count). The monoisotopic (exact) mass is 373 g/mol. The minimum atomic E-state index is -0.902. The van der Waals surface area contributed by atoms with E-state index in [-0.39, 0.29) is 17.7 Å². The number of fused-ring (bicyclic) bond motifs is 1. The van der Waals surface area contributed by atoms with Crippen LogP contribution in [0.25, 0.3) is 0 Å². The molecule has 5 aliphatic rings. The van der Waals surface area contributed by atoms with Crippen molar-refractivity contribution in [2.24, 2.45) is 5.92 Å². The van der Waals surface area contributed by atoms with Crippen LogP contribution in [0.4, 0.5) is 0 Å². The molecule has 146 valence electrons. The second-order valence-electron chi connectivity index (χ2n) is 9.11. The molecule has 27 heavy (non-hydrogen) atoms. The van der Waals surface area contributed by atoms with Crippen molar-refractivity contribution in [1.29, 1.82) is 0 Å². The van der Waals surface area contributed by atoms with Gasteiger partial charge in [-0.05, 0) is 50.3 Å². The Labute approximate surface area is 159 Å². The number of hydrogen-bond acceptors (Lipinski definition) is 6. The number of likely N-dealkylation sites (N-methyl/N-ethyl adjacent to an activating group) is 1. The van der Waals surface area contributed by atoms with Crippen molar-refractivity contribution < 1.29 is 24.4 Å². The molecule has 2 heterocycles. The van der Waals surface area contributed by atoms with Crippen molar-refractivity contribution >= 4 is 0 Å². The fourth-order valence-electron chi connectivity index (χ4n) is 6.06. The van der Waals surface area contributed by atoms with Crippen molar-refractivity contribution in [2.45, 2.75) is 61.6 Å². The summed E-state index contributed by atoms with van der Waals surface area (Å²) < 4.78 is 18.4. The molecule has 3 fully saturated rings. The molecular weight excluding hydrogens is 346 g/mol. The standard InChI is InChI=1S/C21H27NO5/c1-22(11-12-2-3-12)15-10-13-4-5-14(23)18-16(13)17-19(27-18)21(25-8-9-26-21)7-6-20(15,17)24/h4-5,12,15,17,19,23-24H,2-3,6-11H2,1H3. The van der Waals surface area contributed by atoms with Crippen LogP contribution in [0.1, 0.15) is 42.7 Å². The van der Waals surface area contributed by atoms with Gasteiger partial charge in [0.25, 0.3) is 0 Å². The molecule has 1 spiro atoms. The highest BCUT2D eigenvalue weighted by Crippen LogP contribution is 2.62. The van der Waals surface area contributed by atoms with Crippen molar-refractivity contribution in [3.8, 4) is 11.5 Å².